The van der Waals surface area contributed by atoms with Crippen LogP contribution in [0.5, 0.6) is 0 Å². The van der Waals surface area contributed by atoms with Crippen LogP contribution in [0.1, 0.15) is 40.0 Å². The number of hydrogen-bond donors (Lipinski definition) is 0. The van der Waals surface area contributed by atoms with E-state index in [1.165, 1.54) is 4.90 Å². The number of rotatable bonds is 2. The van der Waals surface area contributed by atoms with Gasteiger partial charge in [-0.25, -0.2) is 4.90 Å². The van der Waals surface area contributed by atoms with E-state index in [0.717, 1.165) is 24.2 Å². The third kappa shape index (κ3) is 2.06. The lowest BCUT2D eigenvalue weighted by Gasteiger charge is -2.19. The van der Waals surface area contributed by atoms with Gasteiger partial charge in [0.25, 0.3) is 11.8 Å². The van der Waals surface area contributed by atoms with Crippen LogP contribution in [0, 0.1) is 23.7 Å². The van der Waals surface area contributed by atoms with Gasteiger partial charge < -0.3 is 0 Å². The normalized spacial score (nSPS) is 29.8. The molecule has 29 heavy (non-hydrogen) atoms. The zero-order valence-electron chi connectivity index (χ0n) is 15.6. The molecular weight excluding hydrogens is 368 g/mol. The predicted molar refractivity (Wildman–Crippen MR) is 104 cm³/mol. The molecule has 2 aromatic rings. The van der Waals surface area contributed by atoms with Crippen molar-refractivity contribution in [1.29, 1.82) is 0 Å². The van der Waals surface area contributed by atoms with Crippen molar-refractivity contribution in [2.24, 2.45) is 23.7 Å². The second-order valence-corrected chi connectivity index (χ2v) is 8.40. The smallest absolute Gasteiger partial charge is 0.266 e. The molecule has 2 aliphatic carbocycles. The monoisotopic (exact) mass is 386 g/mol. The van der Waals surface area contributed by atoms with Gasteiger partial charge in [0.2, 0.25) is 11.8 Å². The summed E-state index contributed by atoms with van der Waals surface area (Å²) in [4.78, 5) is 53.7. The van der Waals surface area contributed by atoms with E-state index in [4.69, 9.17) is 0 Å². The second-order valence-electron chi connectivity index (χ2n) is 8.40. The fourth-order valence-corrected chi connectivity index (χ4v) is 5.84. The summed E-state index contributed by atoms with van der Waals surface area (Å²) in [6.45, 7) is 0. The van der Waals surface area contributed by atoms with Gasteiger partial charge in [0.1, 0.15) is 0 Å². The van der Waals surface area contributed by atoms with E-state index >= 15 is 0 Å². The number of anilines is 2. The van der Waals surface area contributed by atoms with E-state index in [0.29, 0.717) is 34.3 Å². The van der Waals surface area contributed by atoms with Gasteiger partial charge >= 0.3 is 0 Å². The quantitative estimate of drug-likeness (QED) is 0.744. The van der Waals surface area contributed by atoms with Gasteiger partial charge in [0, 0.05) is 0 Å². The highest BCUT2D eigenvalue weighted by atomic mass is 16.2. The highest BCUT2D eigenvalue weighted by Crippen LogP contribution is 2.56. The minimum Gasteiger partial charge on any atom is -0.274 e. The first-order valence-corrected chi connectivity index (χ1v) is 10.0. The number of fused-ring (bicyclic) bond motifs is 6. The number of nitrogens with zero attached hydrogens (tertiary/aromatic N) is 2. The lowest BCUT2D eigenvalue weighted by atomic mass is 9.81. The van der Waals surface area contributed by atoms with Crippen molar-refractivity contribution < 1.29 is 19.2 Å². The molecule has 144 valence electrons. The molecule has 1 saturated heterocycles. The molecule has 2 aliphatic heterocycles. The fraction of sp³-hybridized carbons (Fsp3) is 0.304. The van der Waals surface area contributed by atoms with Gasteiger partial charge in [-0.15, -0.1) is 0 Å². The summed E-state index contributed by atoms with van der Waals surface area (Å²) in [5.74, 6) is -0.584. The summed E-state index contributed by atoms with van der Waals surface area (Å²) in [5.41, 5.74) is 1.71. The van der Waals surface area contributed by atoms with Crippen LogP contribution in [0.25, 0.3) is 0 Å². The number of carbonyl (C=O) groups is 4. The first-order chi connectivity index (χ1) is 14.1. The Hall–Kier alpha value is -3.28. The summed E-state index contributed by atoms with van der Waals surface area (Å²) in [7, 11) is 0. The molecule has 6 nitrogen and oxygen atoms in total. The zero-order chi connectivity index (χ0) is 19.9. The largest absolute Gasteiger partial charge is 0.274 e. The van der Waals surface area contributed by atoms with Crippen molar-refractivity contribution in [3.63, 3.8) is 0 Å². The predicted octanol–water partition coefficient (Wildman–Crippen LogP) is 3.02. The van der Waals surface area contributed by atoms with E-state index in [-0.39, 0.29) is 35.5 Å². The number of hydrogen-bond acceptors (Lipinski definition) is 4. The van der Waals surface area contributed by atoms with Crippen LogP contribution < -0.4 is 9.80 Å². The Kier molecular flexibility index (Phi) is 3.23. The summed E-state index contributed by atoms with van der Waals surface area (Å²) in [5, 5.41) is 0. The average Bonchev–Trinajstić information content (AvgIpc) is 3.47. The molecule has 4 atom stereocenters. The lowest BCUT2D eigenvalue weighted by molar-refractivity contribution is -0.123. The maximum Gasteiger partial charge on any atom is 0.266 e. The molecule has 0 radical (unpaired) electrons. The van der Waals surface area contributed by atoms with Crippen LogP contribution in [0.4, 0.5) is 11.4 Å². The number of imide groups is 2. The molecule has 0 aromatic heterocycles. The van der Waals surface area contributed by atoms with Crippen molar-refractivity contribution in [3.05, 3.63) is 59.7 Å². The first kappa shape index (κ1) is 16.7. The second kappa shape index (κ2) is 5.63. The number of amides is 4. The average molecular weight is 386 g/mol. The maximum absolute atomic E-state index is 13.0. The number of carbonyl (C=O) groups excluding carboxylic acids is 4. The molecule has 0 N–H and O–H groups in total. The molecule has 6 heteroatoms. The van der Waals surface area contributed by atoms with Gasteiger partial charge in [0.05, 0.1) is 34.3 Å². The molecule has 2 bridgehead atoms. The zero-order valence-corrected chi connectivity index (χ0v) is 15.6. The highest BCUT2D eigenvalue weighted by Gasteiger charge is 2.61. The van der Waals surface area contributed by atoms with E-state index in [2.05, 4.69) is 0 Å². The van der Waals surface area contributed by atoms with Crippen molar-refractivity contribution >= 4 is 35.0 Å². The topological polar surface area (TPSA) is 74.8 Å². The summed E-state index contributed by atoms with van der Waals surface area (Å²) >= 11 is 0. The highest BCUT2D eigenvalue weighted by molar-refractivity contribution is 6.34. The lowest BCUT2D eigenvalue weighted by Crippen LogP contribution is -2.33. The van der Waals surface area contributed by atoms with Crippen LogP contribution in [0.3, 0.4) is 0 Å². The first-order valence-electron chi connectivity index (χ1n) is 10.0. The van der Waals surface area contributed by atoms with Crippen LogP contribution in [-0.4, -0.2) is 23.6 Å². The van der Waals surface area contributed by atoms with Gasteiger partial charge in [0.15, 0.2) is 0 Å². The Morgan fingerprint density at radius 1 is 0.621 bits per heavy atom. The van der Waals surface area contributed by atoms with Crippen LogP contribution in [0.15, 0.2) is 48.5 Å². The molecule has 4 aliphatic rings. The molecule has 2 heterocycles. The minimum absolute atomic E-state index is 0.0966. The third-order valence-electron chi connectivity index (χ3n) is 7.09. The molecular formula is C23H18N2O4. The Labute approximate surface area is 167 Å². The fourth-order valence-electron chi connectivity index (χ4n) is 5.84. The summed E-state index contributed by atoms with van der Waals surface area (Å²) < 4.78 is 0. The Bertz CT molecular complexity index is 1040. The van der Waals surface area contributed by atoms with Crippen molar-refractivity contribution in [3.8, 4) is 0 Å². The Morgan fingerprint density at radius 3 is 1.55 bits per heavy atom. The standard InChI is InChI=1S/C23H18N2O4/c26-20-16-3-1-2-4-17(16)21(27)24(20)14-7-9-15(10-8-14)25-22(28)18-12-5-6-13(11-12)19(18)23(25)29/h1-4,7-10,12-13,18-19H,5-6,11H2/t12-,13+,18+,19-. The summed E-state index contributed by atoms with van der Waals surface area (Å²) in [6.07, 6.45) is 3.08. The van der Waals surface area contributed by atoms with E-state index < -0.39 is 0 Å². The van der Waals surface area contributed by atoms with Crippen molar-refractivity contribution in [1.82, 2.24) is 0 Å². The van der Waals surface area contributed by atoms with Gasteiger partial charge in [-0.3, -0.25) is 24.1 Å². The summed E-state index contributed by atoms with van der Waals surface area (Å²) in [6, 6.07) is 13.3. The van der Waals surface area contributed by atoms with Gasteiger partial charge in [-0.1, -0.05) is 12.1 Å². The van der Waals surface area contributed by atoms with E-state index in [1.54, 1.807) is 48.5 Å². The van der Waals surface area contributed by atoms with Crippen LogP contribution in [-0.2, 0) is 9.59 Å². The van der Waals surface area contributed by atoms with E-state index in [1.807, 2.05) is 0 Å². The van der Waals surface area contributed by atoms with Crippen LogP contribution >= 0.6 is 0 Å². The van der Waals surface area contributed by atoms with Gasteiger partial charge in [-0.2, -0.15) is 0 Å². The molecule has 0 spiro atoms. The molecule has 2 aromatic carbocycles. The van der Waals surface area contributed by atoms with Crippen molar-refractivity contribution in [2.75, 3.05) is 9.80 Å². The molecule has 2 saturated carbocycles. The molecule has 3 fully saturated rings. The van der Waals surface area contributed by atoms with Gasteiger partial charge in [-0.05, 0) is 67.5 Å². The third-order valence-corrected chi connectivity index (χ3v) is 7.09. The SMILES string of the molecule is O=C1c2ccccc2C(=O)N1c1ccc(N2C(=O)[C@@H]3[C@H]4CC[C@H](C4)[C@@H]3C2=O)cc1. The van der Waals surface area contributed by atoms with E-state index in [9.17, 15) is 19.2 Å². The molecule has 6 rings (SSSR count). The molecule has 0 unspecified atom stereocenters. The minimum atomic E-state index is -0.363. The number of benzene rings is 2. The Morgan fingerprint density at radius 2 is 1.07 bits per heavy atom. The van der Waals surface area contributed by atoms with Crippen molar-refractivity contribution in [2.45, 2.75) is 19.3 Å². The van der Waals surface area contributed by atoms with Crippen LogP contribution in [0.2, 0.25) is 0 Å². The Balaban J connectivity index is 1.31. The molecule has 4 amide bonds. The maximum atomic E-state index is 13.0.